The van der Waals surface area contributed by atoms with Crippen molar-refractivity contribution >= 4 is 11.8 Å². The van der Waals surface area contributed by atoms with E-state index in [1.165, 1.54) is 16.5 Å². The number of nitrogens with one attached hydrogen (secondary N) is 1. The third-order valence-electron chi connectivity index (χ3n) is 3.48. The summed E-state index contributed by atoms with van der Waals surface area (Å²) in [6.07, 6.45) is 0.793. The molecule has 0 saturated heterocycles. The fraction of sp³-hybridized carbons (Fsp3) is 0.294. The SMILES string of the molecule is Cc1ccc(SCC(Cc2ccc(F)cc2C)NN)cc1. The van der Waals surface area contributed by atoms with Crippen molar-refractivity contribution in [3.8, 4) is 0 Å². The van der Waals surface area contributed by atoms with Crippen LogP contribution in [0.5, 0.6) is 0 Å². The lowest BCUT2D eigenvalue weighted by Crippen LogP contribution is -2.38. The van der Waals surface area contributed by atoms with Gasteiger partial charge in [-0.1, -0.05) is 23.8 Å². The highest BCUT2D eigenvalue weighted by molar-refractivity contribution is 7.99. The third-order valence-corrected chi connectivity index (χ3v) is 4.65. The van der Waals surface area contributed by atoms with Gasteiger partial charge in [-0.05, 0) is 55.7 Å². The van der Waals surface area contributed by atoms with Gasteiger partial charge in [-0.2, -0.15) is 0 Å². The van der Waals surface area contributed by atoms with Gasteiger partial charge in [-0.3, -0.25) is 11.3 Å². The maximum atomic E-state index is 13.1. The number of hydrogen-bond donors (Lipinski definition) is 2. The van der Waals surface area contributed by atoms with Gasteiger partial charge in [0, 0.05) is 16.7 Å². The molecule has 2 aromatic carbocycles. The molecule has 3 N–H and O–H groups in total. The molecule has 0 aliphatic heterocycles. The minimum atomic E-state index is -0.192. The summed E-state index contributed by atoms with van der Waals surface area (Å²) in [5.74, 6) is 6.33. The van der Waals surface area contributed by atoms with Crippen LogP contribution >= 0.6 is 11.8 Å². The molecule has 0 fully saturated rings. The van der Waals surface area contributed by atoms with Crippen LogP contribution < -0.4 is 11.3 Å². The Bertz CT molecular complexity index is 584. The summed E-state index contributed by atoms with van der Waals surface area (Å²) in [6.45, 7) is 4.01. The number of thioether (sulfide) groups is 1. The van der Waals surface area contributed by atoms with Crippen LogP contribution in [0.2, 0.25) is 0 Å². The van der Waals surface area contributed by atoms with Gasteiger partial charge in [0.2, 0.25) is 0 Å². The molecule has 21 heavy (non-hydrogen) atoms. The average molecular weight is 304 g/mol. The maximum absolute atomic E-state index is 13.1. The van der Waals surface area contributed by atoms with Gasteiger partial charge in [-0.15, -0.1) is 11.8 Å². The highest BCUT2D eigenvalue weighted by Crippen LogP contribution is 2.21. The summed E-state index contributed by atoms with van der Waals surface area (Å²) in [5, 5.41) is 0. The van der Waals surface area contributed by atoms with Crippen molar-refractivity contribution in [2.75, 3.05) is 5.75 Å². The first-order valence-corrected chi connectivity index (χ1v) is 7.97. The molecule has 4 heteroatoms. The van der Waals surface area contributed by atoms with Gasteiger partial charge in [-0.25, -0.2) is 4.39 Å². The van der Waals surface area contributed by atoms with Gasteiger partial charge in [0.1, 0.15) is 5.82 Å². The highest BCUT2D eigenvalue weighted by Gasteiger charge is 2.10. The molecule has 0 amide bonds. The van der Waals surface area contributed by atoms with Crippen molar-refractivity contribution in [1.29, 1.82) is 0 Å². The lowest BCUT2D eigenvalue weighted by Gasteiger charge is -2.17. The van der Waals surface area contributed by atoms with E-state index in [0.717, 1.165) is 23.3 Å². The Morgan fingerprint density at radius 1 is 1.14 bits per heavy atom. The number of hydrazine groups is 1. The molecular formula is C17H21FN2S. The van der Waals surface area contributed by atoms with Crippen LogP contribution in [0, 0.1) is 19.7 Å². The molecular weight excluding hydrogens is 283 g/mol. The van der Waals surface area contributed by atoms with E-state index in [1.54, 1.807) is 17.8 Å². The fourth-order valence-corrected chi connectivity index (χ4v) is 3.09. The number of rotatable bonds is 6. The molecule has 0 bridgehead atoms. The summed E-state index contributed by atoms with van der Waals surface area (Å²) < 4.78 is 13.1. The molecule has 0 aliphatic carbocycles. The summed E-state index contributed by atoms with van der Waals surface area (Å²) in [5.41, 5.74) is 6.22. The smallest absolute Gasteiger partial charge is 0.123 e. The largest absolute Gasteiger partial charge is 0.271 e. The Hall–Kier alpha value is -1.36. The number of halogens is 1. The molecule has 0 radical (unpaired) electrons. The molecule has 2 nitrogen and oxygen atoms in total. The molecule has 112 valence electrons. The van der Waals surface area contributed by atoms with E-state index in [4.69, 9.17) is 5.84 Å². The summed E-state index contributed by atoms with van der Waals surface area (Å²) >= 11 is 1.77. The van der Waals surface area contributed by atoms with Crippen molar-refractivity contribution in [2.45, 2.75) is 31.2 Å². The van der Waals surface area contributed by atoms with Gasteiger partial charge in [0.05, 0.1) is 0 Å². The van der Waals surface area contributed by atoms with Crippen LogP contribution in [-0.4, -0.2) is 11.8 Å². The Morgan fingerprint density at radius 2 is 1.86 bits per heavy atom. The zero-order valence-electron chi connectivity index (χ0n) is 12.4. The van der Waals surface area contributed by atoms with E-state index in [9.17, 15) is 4.39 Å². The lowest BCUT2D eigenvalue weighted by atomic mass is 10.0. The second kappa shape index (κ2) is 7.59. The number of benzene rings is 2. The van der Waals surface area contributed by atoms with Crippen molar-refractivity contribution < 1.29 is 4.39 Å². The van der Waals surface area contributed by atoms with Crippen molar-refractivity contribution in [1.82, 2.24) is 5.43 Å². The topological polar surface area (TPSA) is 38.0 Å². The van der Waals surface area contributed by atoms with E-state index in [1.807, 2.05) is 13.0 Å². The second-order valence-electron chi connectivity index (χ2n) is 5.26. The lowest BCUT2D eigenvalue weighted by molar-refractivity contribution is 0.572. The first-order valence-electron chi connectivity index (χ1n) is 6.99. The number of aryl methyl sites for hydroxylation is 2. The van der Waals surface area contributed by atoms with Crippen LogP contribution in [0.1, 0.15) is 16.7 Å². The molecule has 0 heterocycles. The summed E-state index contributed by atoms with van der Waals surface area (Å²) in [7, 11) is 0. The molecule has 2 rings (SSSR count). The first-order chi connectivity index (χ1) is 10.1. The van der Waals surface area contributed by atoms with Gasteiger partial charge >= 0.3 is 0 Å². The molecule has 0 aliphatic rings. The number of nitrogens with two attached hydrogens (primary N) is 1. The normalized spacial score (nSPS) is 12.4. The minimum Gasteiger partial charge on any atom is -0.271 e. The zero-order chi connectivity index (χ0) is 15.2. The second-order valence-corrected chi connectivity index (χ2v) is 6.36. The third kappa shape index (κ3) is 4.84. The van der Waals surface area contributed by atoms with Crippen LogP contribution in [0.15, 0.2) is 47.4 Å². The monoisotopic (exact) mass is 304 g/mol. The molecule has 1 atom stereocenters. The van der Waals surface area contributed by atoms with Crippen LogP contribution in [-0.2, 0) is 6.42 Å². The fourth-order valence-electron chi connectivity index (χ4n) is 2.15. The van der Waals surface area contributed by atoms with E-state index in [-0.39, 0.29) is 11.9 Å². The van der Waals surface area contributed by atoms with Gasteiger partial charge in [0.15, 0.2) is 0 Å². The van der Waals surface area contributed by atoms with Crippen LogP contribution in [0.4, 0.5) is 4.39 Å². The standard InChI is InChI=1S/C17H21FN2S/c1-12-3-7-17(8-4-12)21-11-16(20-19)10-14-5-6-15(18)9-13(14)2/h3-9,16,20H,10-11,19H2,1-2H3. The predicted octanol–water partition coefficient (Wildman–Crippen LogP) is 3.61. The Labute approximate surface area is 129 Å². The Kier molecular flexibility index (Phi) is 5.79. The molecule has 0 saturated carbocycles. The number of hydrogen-bond acceptors (Lipinski definition) is 3. The molecule has 2 aromatic rings. The highest BCUT2D eigenvalue weighted by atomic mass is 32.2. The summed E-state index contributed by atoms with van der Waals surface area (Å²) in [4.78, 5) is 1.23. The maximum Gasteiger partial charge on any atom is 0.123 e. The molecule has 1 unspecified atom stereocenters. The van der Waals surface area contributed by atoms with Crippen molar-refractivity contribution in [3.05, 3.63) is 65.0 Å². The minimum absolute atomic E-state index is 0.153. The van der Waals surface area contributed by atoms with E-state index in [2.05, 4.69) is 36.6 Å². The van der Waals surface area contributed by atoms with E-state index < -0.39 is 0 Å². The van der Waals surface area contributed by atoms with E-state index in [0.29, 0.717) is 0 Å². The summed E-state index contributed by atoms with van der Waals surface area (Å²) in [6, 6.07) is 13.5. The van der Waals surface area contributed by atoms with E-state index >= 15 is 0 Å². The van der Waals surface area contributed by atoms with Gasteiger partial charge in [0.25, 0.3) is 0 Å². The van der Waals surface area contributed by atoms with Gasteiger partial charge < -0.3 is 0 Å². The van der Waals surface area contributed by atoms with Crippen LogP contribution in [0.25, 0.3) is 0 Å². The molecule has 0 spiro atoms. The Balaban J connectivity index is 1.95. The molecule has 0 aromatic heterocycles. The zero-order valence-corrected chi connectivity index (χ0v) is 13.2. The first kappa shape index (κ1) is 16.0. The van der Waals surface area contributed by atoms with Crippen molar-refractivity contribution in [2.24, 2.45) is 5.84 Å². The quantitative estimate of drug-likeness (QED) is 0.486. The average Bonchev–Trinajstić information content (AvgIpc) is 2.47. The Morgan fingerprint density at radius 3 is 2.48 bits per heavy atom. The van der Waals surface area contributed by atoms with Crippen LogP contribution in [0.3, 0.4) is 0 Å². The van der Waals surface area contributed by atoms with Crippen molar-refractivity contribution in [3.63, 3.8) is 0 Å². The predicted molar refractivity (Wildman–Crippen MR) is 87.9 cm³/mol.